The van der Waals surface area contributed by atoms with Gasteiger partial charge in [0, 0.05) is 17.7 Å². The third-order valence-corrected chi connectivity index (χ3v) is 5.18. The molecule has 3 aromatic carbocycles. The molecule has 4 rings (SSSR count). The predicted octanol–water partition coefficient (Wildman–Crippen LogP) is 5.93. The van der Waals surface area contributed by atoms with Crippen LogP contribution in [0.3, 0.4) is 0 Å². The molecular formula is C27H31NO3. The Bertz CT molecular complexity index is 845. The maximum Gasteiger partial charge on any atom is 0.150 e. The van der Waals surface area contributed by atoms with Gasteiger partial charge in [-0.2, -0.15) is 0 Å². The zero-order valence-electron chi connectivity index (χ0n) is 17.9. The van der Waals surface area contributed by atoms with Crippen LogP contribution in [0.2, 0.25) is 0 Å². The molecule has 0 unspecified atom stereocenters. The van der Waals surface area contributed by atoms with Crippen LogP contribution in [0.1, 0.15) is 53.6 Å². The Morgan fingerprint density at radius 3 is 1.61 bits per heavy atom. The summed E-state index contributed by atoms with van der Waals surface area (Å²) in [6, 6.07) is 25.6. The fraction of sp³-hybridized carbons (Fsp3) is 0.296. The Kier molecular flexibility index (Phi) is 9.14. The summed E-state index contributed by atoms with van der Waals surface area (Å²) in [6.07, 6.45) is 7.46. The minimum absolute atomic E-state index is 0.446. The quantitative estimate of drug-likeness (QED) is 0.484. The van der Waals surface area contributed by atoms with Gasteiger partial charge >= 0.3 is 0 Å². The summed E-state index contributed by atoms with van der Waals surface area (Å²) in [5, 5.41) is 0. The molecule has 0 amide bonds. The lowest BCUT2D eigenvalue weighted by molar-refractivity contribution is 0.112. The Morgan fingerprint density at radius 2 is 1.23 bits per heavy atom. The van der Waals surface area contributed by atoms with Crippen molar-refractivity contribution in [2.75, 3.05) is 0 Å². The van der Waals surface area contributed by atoms with Gasteiger partial charge in [-0.05, 0) is 36.1 Å². The van der Waals surface area contributed by atoms with Gasteiger partial charge in [0.05, 0.1) is 0 Å². The van der Waals surface area contributed by atoms with Gasteiger partial charge in [-0.1, -0.05) is 79.9 Å². The molecule has 4 heteroatoms. The molecule has 0 atom stereocenters. The number of hydrogen-bond acceptors (Lipinski definition) is 4. The van der Waals surface area contributed by atoms with Crippen LogP contribution in [-0.2, 0) is 13.2 Å². The maximum atomic E-state index is 11.1. The van der Waals surface area contributed by atoms with Gasteiger partial charge in [0.15, 0.2) is 0 Å². The van der Waals surface area contributed by atoms with Crippen LogP contribution < -0.4 is 15.2 Å². The lowest BCUT2D eigenvalue weighted by atomic mass is 9.97. The highest BCUT2D eigenvalue weighted by molar-refractivity contribution is 5.76. The molecule has 2 N–H and O–H groups in total. The normalized spacial score (nSPS) is 13.6. The van der Waals surface area contributed by atoms with Gasteiger partial charge in [-0.25, -0.2) is 0 Å². The van der Waals surface area contributed by atoms with Crippen LogP contribution in [0.4, 0.5) is 0 Å². The summed E-state index contributed by atoms with van der Waals surface area (Å²) < 4.78 is 11.6. The van der Waals surface area contributed by atoms with E-state index in [4.69, 9.17) is 15.2 Å². The van der Waals surface area contributed by atoms with Gasteiger partial charge in [0.2, 0.25) is 0 Å². The van der Waals surface area contributed by atoms with Gasteiger partial charge in [-0.15, -0.1) is 0 Å². The summed E-state index contributed by atoms with van der Waals surface area (Å²) in [5.41, 5.74) is 8.31. The molecule has 31 heavy (non-hydrogen) atoms. The zero-order chi connectivity index (χ0) is 21.7. The fourth-order valence-electron chi connectivity index (χ4n) is 3.44. The van der Waals surface area contributed by atoms with E-state index in [-0.39, 0.29) is 0 Å². The Balaban J connectivity index is 0.000000330. The van der Waals surface area contributed by atoms with E-state index in [1.54, 1.807) is 18.2 Å². The summed E-state index contributed by atoms with van der Waals surface area (Å²) in [7, 11) is 0. The molecule has 0 radical (unpaired) electrons. The van der Waals surface area contributed by atoms with Crippen LogP contribution in [-0.4, -0.2) is 12.3 Å². The Labute approximate surface area is 185 Å². The van der Waals surface area contributed by atoms with E-state index < -0.39 is 0 Å². The van der Waals surface area contributed by atoms with Gasteiger partial charge < -0.3 is 15.2 Å². The Hall–Kier alpha value is -3.11. The average molecular weight is 418 g/mol. The van der Waals surface area contributed by atoms with E-state index >= 15 is 0 Å². The van der Waals surface area contributed by atoms with Crippen molar-refractivity contribution in [3.05, 3.63) is 95.6 Å². The minimum Gasteiger partial charge on any atom is -0.489 e. The summed E-state index contributed by atoms with van der Waals surface area (Å²) in [6.45, 7) is 0.891. The second kappa shape index (κ2) is 12.6. The number of ether oxygens (including phenoxy) is 2. The van der Waals surface area contributed by atoms with E-state index in [9.17, 15) is 4.79 Å². The van der Waals surface area contributed by atoms with E-state index in [1.165, 1.54) is 32.1 Å². The highest BCUT2D eigenvalue weighted by atomic mass is 16.5. The predicted molar refractivity (Wildman–Crippen MR) is 124 cm³/mol. The van der Waals surface area contributed by atoms with E-state index in [0.717, 1.165) is 17.4 Å². The molecule has 3 aromatic rings. The third kappa shape index (κ3) is 8.27. The summed E-state index contributed by atoms with van der Waals surface area (Å²) >= 11 is 0. The smallest absolute Gasteiger partial charge is 0.150 e. The lowest BCUT2D eigenvalue weighted by Gasteiger charge is -2.15. The number of aldehydes is 1. The van der Waals surface area contributed by atoms with Crippen molar-refractivity contribution in [3.8, 4) is 11.5 Å². The van der Waals surface area contributed by atoms with Crippen molar-refractivity contribution in [1.29, 1.82) is 0 Å². The standard InChI is InChI=1S/C21H18O3.C6H13N/c22-14-19-11-20(23-15-17-7-3-1-4-8-17)13-21(12-19)24-16-18-9-5-2-6-10-18;7-6-4-2-1-3-5-6/h1-14H,15-16H2;6H,1-5,7H2. The molecule has 0 aromatic heterocycles. The fourth-order valence-corrected chi connectivity index (χ4v) is 3.44. The molecule has 1 saturated carbocycles. The number of hydrogen-bond donors (Lipinski definition) is 1. The van der Waals surface area contributed by atoms with Crippen LogP contribution in [0.25, 0.3) is 0 Å². The van der Waals surface area contributed by atoms with Crippen molar-refractivity contribution in [2.45, 2.75) is 51.4 Å². The Morgan fingerprint density at radius 1 is 0.742 bits per heavy atom. The monoisotopic (exact) mass is 417 g/mol. The molecule has 0 saturated heterocycles. The first-order valence-electron chi connectivity index (χ1n) is 10.9. The molecular weight excluding hydrogens is 386 g/mol. The second-order valence-electron chi connectivity index (χ2n) is 7.80. The molecule has 1 fully saturated rings. The van der Waals surface area contributed by atoms with Crippen LogP contribution in [0.15, 0.2) is 78.9 Å². The van der Waals surface area contributed by atoms with E-state index in [1.807, 2.05) is 60.7 Å². The third-order valence-electron chi connectivity index (χ3n) is 5.18. The first-order valence-corrected chi connectivity index (χ1v) is 10.9. The molecule has 1 aliphatic rings. The topological polar surface area (TPSA) is 61.6 Å². The van der Waals surface area contributed by atoms with Crippen molar-refractivity contribution in [1.82, 2.24) is 0 Å². The number of carbonyl (C=O) groups is 1. The first kappa shape index (κ1) is 22.6. The molecule has 1 aliphatic carbocycles. The molecule has 0 bridgehead atoms. The highest BCUT2D eigenvalue weighted by Crippen LogP contribution is 2.24. The second-order valence-corrected chi connectivity index (χ2v) is 7.80. The van der Waals surface area contributed by atoms with Crippen LogP contribution in [0.5, 0.6) is 11.5 Å². The number of benzene rings is 3. The van der Waals surface area contributed by atoms with Gasteiger partial charge in [-0.3, -0.25) is 4.79 Å². The highest BCUT2D eigenvalue weighted by Gasteiger charge is 2.06. The molecule has 162 valence electrons. The maximum absolute atomic E-state index is 11.1. The lowest BCUT2D eigenvalue weighted by Crippen LogP contribution is -2.22. The number of nitrogens with two attached hydrogens (primary N) is 1. The molecule has 0 heterocycles. The van der Waals surface area contributed by atoms with Crippen molar-refractivity contribution in [2.24, 2.45) is 5.73 Å². The minimum atomic E-state index is 0.446. The average Bonchev–Trinajstić information content (AvgIpc) is 2.83. The summed E-state index contributed by atoms with van der Waals surface area (Å²) in [4.78, 5) is 11.1. The van der Waals surface area contributed by atoms with Crippen LogP contribution >= 0.6 is 0 Å². The van der Waals surface area contributed by atoms with Crippen molar-refractivity contribution in [3.63, 3.8) is 0 Å². The zero-order valence-corrected chi connectivity index (χ0v) is 17.9. The molecule has 4 nitrogen and oxygen atoms in total. The number of rotatable bonds is 7. The largest absolute Gasteiger partial charge is 0.489 e. The van der Waals surface area contributed by atoms with E-state index in [0.29, 0.717) is 36.3 Å². The first-order chi connectivity index (χ1) is 15.2. The number of carbonyl (C=O) groups excluding carboxylic acids is 1. The van der Waals surface area contributed by atoms with Crippen molar-refractivity contribution >= 4 is 6.29 Å². The van der Waals surface area contributed by atoms with E-state index in [2.05, 4.69) is 0 Å². The van der Waals surface area contributed by atoms with Gasteiger partial charge in [0.1, 0.15) is 31.0 Å². The SMILES string of the molecule is NC1CCCCC1.O=Cc1cc(OCc2ccccc2)cc(OCc2ccccc2)c1. The molecule has 0 spiro atoms. The van der Waals surface area contributed by atoms with Crippen LogP contribution in [0, 0.1) is 0 Å². The van der Waals surface area contributed by atoms with Crippen molar-refractivity contribution < 1.29 is 14.3 Å². The summed E-state index contributed by atoms with van der Waals surface area (Å²) in [5.74, 6) is 1.23. The van der Waals surface area contributed by atoms with Gasteiger partial charge in [0.25, 0.3) is 0 Å². The molecule has 0 aliphatic heterocycles.